The molecule has 102 valence electrons. The van der Waals surface area contributed by atoms with Crippen molar-refractivity contribution < 1.29 is 14.7 Å². The molecule has 2 fully saturated rings. The largest absolute Gasteiger partial charge is 0.480 e. The fourth-order valence-corrected chi connectivity index (χ4v) is 3.03. The third-order valence-corrected chi connectivity index (χ3v) is 5.09. The van der Waals surface area contributed by atoms with Gasteiger partial charge in [0, 0.05) is 12.6 Å². The number of carbonyl (C=O) groups excluding carboxylic acids is 1. The first-order chi connectivity index (χ1) is 8.19. The van der Waals surface area contributed by atoms with E-state index in [1.807, 2.05) is 0 Å². The molecule has 0 radical (unpaired) electrons. The number of hydrogen-bond acceptors (Lipinski definition) is 2. The summed E-state index contributed by atoms with van der Waals surface area (Å²) in [6, 6.07) is -0.772. The van der Waals surface area contributed by atoms with Crippen molar-refractivity contribution in [3.8, 4) is 0 Å². The molecule has 2 aliphatic rings. The maximum atomic E-state index is 12.1. The minimum absolute atomic E-state index is 0.0705. The summed E-state index contributed by atoms with van der Waals surface area (Å²) in [5, 5.41) is 12.1. The zero-order chi connectivity index (χ0) is 13.7. The van der Waals surface area contributed by atoms with Crippen LogP contribution in [0.2, 0.25) is 0 Å². The van der Waals surface area contributed by atoms with Gasteiger partial charge in [-0.05, 0) is 23.7 Å². The van der Waals surface area contributed by atoms with Crippen LogP contribution < -0.4 is 5.32 Å². The average Bonchev–Trinajstić information content (AvgIpc) is 2.68. The number of carbonyl (C=O) groups is 2. The number of nitrogens with zero attached hydrogens (tertiary/aromatic N) is 1. The van der Waals surface area contributed by atoms with Crippen molar-refractivity contribution in [3.05, 3.63) is 0 Å². The van der Waals surface area contributed by atoms with E-state index in [-0.39, 0.29) is 22.9 Å². The molecule has 0 aromatic rings. The summed E-state index contributed by atoms with van der Waals surface area (Å²) in [6.07, 6.45) is 1.32. The van der Waals surface area contributed by atoms with Gasteiger partial charge in [0.25, 0.3) is 0 Å². The van der Waals surface area contributed by atoms with Crippen LogP contribution >= 0.6 is 0 Å². The predicted octanol–water partition coefficient (Wildman–Crippen LogP) is 1.68. The lowest BCUT2D eigenvalue weighted by Gasteiger charge is -2.22. The van der Waals surface area contributed by atoms with Crippen molar-refractivity contribution in [1.82, 2.24) is 10.2 Å². The molecule has 2 rings (SSSR count). The van der Waals surface area contributed by atoms with Gasteiger partial charge in [-0.25, -0.2) is 9.59 Å². The van der Waals surface area contributed by atoms with E-state index in [0.717, 1.165) is 6.42 Å². The molecule has 1 saturated heterocycles. The van der Waals surface area contributed by atoms with Crippen LogP contribution in [0, 0.1) is 10.8 Å². The minimum Gasteiger partial charge on any atom is -0.480 e. The van der Waals surface area contributed by atoms with Crippen LogP contribution in [-0.2, 0) is 4.79 Å². The quantitative estimate of drug-likeness (QED) is 0.787. The molecule has 5 heteroatoms. The molecule has 2 N–H and O–H groups in total. The fourth-order valence-electron chi connectivity index (χ4n) is 3.03. The Bertz CT molecular complexity index is 376. The Morgan fingerprint density at radius 2 is 1.78 bits per heavy atom. The van der Waals surface area contributed by atoms with Crippen molar-refractivity contribution in [3.63, 3.8) is 0 Å². The van der Waals surface area contributed by atoms with Gasteiger partial charge in [-0.2, -0.15) is 0 Å². The lowest BCUT2D eigenvalue weighted by Crippen LogP contribution is -2.47. The molecule has 0 spiro atoms. The summed E-state index contributed by atoms with van der Waals surface area (Å²) < 4.78 is 0. The summed E-state index contributed by atoms with van der Waals surface area (Å²) in [5.74, 6) is -0.906. The van der Waals surface area contributed by atoms with Crippen LogP contribution in [0.15, 0.2) is 0 Å². The first-order valence-corrected chi connectivity index (χ1v) is 6.49. The molecule has 0 aromatic heterocycles. The Labute approximate surface area is 108 Å². The Morgan fingerprint density at radius 1 is 1.22 bits per heavy atom. The van der Waals surface area contributed by atoms with Gasteiger partial charge in [-0.3, -0.25) is 0 Å². The van der Waals surface area contributed by atoms with Crippen LogP contribution in [0.1, 0.15) is 40.5 Å². The second-order valence-electron chi connectivity index (χ2n) is 6.52. The number of carboxylic acids is 1. The smallest absolute Gasteiger partial charge is 0.326 e. The zero-order valence-corrected chi connectivity index (χ0v) is 11.5. The van der Waals surface area contributed by atoms with Crippen molar-refractivity contribution in [1.29, 1.82) is 0 Å². The van der Waals surface area contributed by atoms with Crippen molar-refractivity contribution in [2.24, 2.45) is 10.8 Å². The van der Waals surface area contributed by atoms with E-state index in [9.17, 15) is 9.59 Å². The first-order valence-electron chi connectivity index (χ1n) is 6.49. The number of rotatable bonds is 2. The molecule has 0 aromatic carbocycles. The summed E-state index contributed by atoms with van der Waals surface area (Å²) in [5.41, 5.74) is 0.141. The highest BCUT2D eigenvalue weighted by atomic mass is 16.4. The van der Waals surface area contributed by atoms with Crippen molar-refractivity contribution >= 4 is 12.0 Å². The highest BCUT2D eigenvalue weighted by Crippen LogP contribution is 2.62. The normalized spacial score (nSPS) is 29.1. The number of nitrogens with one attached hydrogen (secondary N) is 1. The topological polar surface area (TPSA) is 69.6 Å². The van der Waals surface area contributed by atoms with Gasteiger partial charge in [0.05, 0.1) is 0 Å². The maximum Gasteiger partial charge on any atom is 0.326 e. The van der Waals surface area contributed by atoms with Crippen molar-refractivity contribution in [2.75, 3.05) is 6.54 Å². The fraction of sp³-hybridized carbons (Fsp3) is 0.846. The van der Waals surface area contributed by atoms with E-state index in [2.05, 4.69) is 33.0 Å². The molecule has 1 atom stereocenters. The predicted molar refractivity (Wildman–Crippen MR) is 67.2 cm³/mol. The monoisotopic (exact) mass is 254 g/mol. The number of amides is 2. The van der Waals surface area contributed by atoms with Crippen LogP contribution in [0.3, 0.4) is 0 Å². The van der Waals surface area contributed by atoms with Crippen LogP contribution in [-0.4, -0.2) is 40.6 Å². The molecule has 2 amide bonds. The summed E-state index contributed by atoms with van der Waals surface area (Å²) in [7, 11) is 0. The maximum absolute atomic E-state index is 12.1. The van der Waals surface area contributed by atoms with Crippen LogP contribution in [0.25, 0.3) is 0 Å². The molecule has 1 aliphatic heterocycles. The third-order valence-electron chi connectivity index (χ3n) is 5.09. The van der Waals surface area contributed by atoms with E-state index in [0.29, 0.717) is 13.0 Å². The lowest BCUT2D eigenvalue weighted by atomic mass is 10.0. The Kier molecular flexibility index (Phi) is 2.83. The molecule has 0 bridgehead atoms. The average molecular weight is 254 g/mol. The van der Waals surface area contributed by atoms with Gasteiger partial charge in [-0.1, -0.05) is 27.7 Å². The minimum atomic E-state index is -0.906. The molecular weight excluding hydrogens is 232 g/mol. The molecule has 18 heavy (non-hydrogen) atoms. The summed E-state index contributed by atoms with van der Waals surface area (Å²) in [4.78, 5) is 24.6. The third kappa shape index (κ3) is 1.76. The standard InChI is InChI=1S/C13H22N2O3/c1-12(2)10(13(12,3)4)14-11(18)15-7-5-6-8(15)9(16)17/h8,10H,5-7H2,1-4H3,(H,14,18)(H,16,17)/t8-/m0/s1. The molecule has 1 aliphatic carbocycles. The van der Waals surface area contributed by atoms with Crippen LogP contribution in [0.4, 0.5) is 4.79 Å². The van der Waals surface area contributed by atoms with E-state index >= 15 is 0 Å². The summed E-state index contributed by atoms with van der Waals surface area (Å²) >= 11 is 0. The van der Waals surface area contributed by atoms with Gasteiger partial charge in [-0.15, -0.1) is 0 Å². The highest BCUT2D eigenvalue weighted by Gasteiger charge is 2.65. The van der Waals surface area contributed by atoms with Gasteiger partial charge in [0.15, 0.2) is 0 Å². The number of aliphatic carboxylic acids is 1. The SMILES string of the molecule is CC1(C)C(NC(=O)N2CCC[C@H]2C(=O)O)C1(C)C. The van der Waals surface area contributed by atoms with Gasteiger partial charge in [0.1, 0.15) is 6.04 Å². The molecular formula is C13H22N2O3. The molecule has 0 unspecified atom stereocenters. The van der Waals surface area contributed by atoms with E-state index in [1.54, 1.807) is 0 Å². The number of carboxylic acid groups (broad SMARTS) is 1. The highest BCUT2D eigenvalue weighted by molar-refractivity contribution is 5.83. The zero-order valence-electron chi connectivity index (χ0n) is 11.5. The Morgan fingerprint density at radius 3 is 2.22 bits per heavy atom. The Balaban J connectivity index is 2.00. The number of urea groups is 1. The van der Waals surface area contributed by atoms with E-state index < -0.39 is 12.0 Å². The lowest BCUT2D eigenvalue weighted by molar-refractivity contribution is -0.141. The number of likely N-dealkylation sites (tertiary alicyclic amines) is 1. The second-order valence-corrected chi connectivity index (χ2v) is 6.52. The molecule has 1 heterocycles. The van der Waals surface area contributed by atoms with E-state index in [4.69, 9.17) is 5.11 Å². The van der Waals surface area contributed by atoms with Gasteiger partial charge < -0.3 is 15.3 Å². The van der Waals surface area contributed by atoms with Crippen LogP contribution in [0.5, 0.6) is 0 Å². The van der Waals surface area contributed by atoms with Gasteiger partial charge >= 0.3 is 12.0 Å². The molecule has 1 saturated carbocycles. The number of hydrogen-bond donors (Lipinski definition) is 2. The Hall–Kier alpha value is -1.26. The molecule has 5 nitrogen and oxygen atoms in total. The van der Waals surface area contributed by atoms with E-state index in [1.165, 1.54) is 4.90 Å². The van der Waals surface area contributed by atoms with Crippen molar-refractivity contribution in [2.45, 2.75) is 52.6 Å². The van der Waals surface area contributed by atoms with Gasteiger partial charge in [0.2, 0.25) is 0 Å². The summed E-state index contributed by atoms with van der Waals surface area (Å²) in [6.45, 7) is 9.02. The second kappa shape index (κ2) is 3.87. The first kappa shape index (κ1) is 13.2.